The molecule has 0 bridgehead atoms. The van der Waals surface area contributed by atoms with Crippen LogP contribution in [0.4, 0.5) is 5.69 Å². The van der Waals surface area contributed by atoms with Crippen molar-refractivity contribution in [1.82, 2.24) is 4.90 Å². The van der Waals surface area contributed by atoms with E-state index in [-0.39, 0.29) is 0 Å². The van der Waals surface area contributed by atoms with Gasteiger partial charge in [0, 0.05) is 31.5 Å². The summed E-state index contributed by atoms with van der Waals surface area (Å²) in [6.45, 7) is 18.7. The van der Waals surface area contributed by atoms with Crippen molar-refractivity contribution < 1.29 is 0 Å². The molecule has 0 radical (unpaired) electrons. The zero-order chi connectivity index (χ0) is 18.8. The number of nitrogens with zero attached hydrogens (tertiary/aromatic N) is 1. The Morgan fingerprint density at radius 1 is 1.28 bits per heavy atom. The lowest BCUT2D eigenvalue weighted by atomic mass is 9.97. The molecule has 2 nitrogen and oxygen atoms in total. The van der Waals surface area contributed by atoms with Crippen LogP contribution in [0.5, 0.6) is 0 Å². The van der Waals surface area contributed by atoms with E-state index in [1.807, 2.05) is 13.1 Å². The highest BCUT2D eigenvalue weighted by atomic mass is 15.1. The number of benzene rings is 1. The van der Waals surface area contributed by atoms with Crippen LogP contribution in [0.3, 0.4) is 0 Å². The molecule has 1 aromatic carbocycles. The quantitative estimate of drug-likeness (QED) is 0.404. The maximum atomic E-state index is 4.23. The van der Waals surface area contributed by atoms with Gasteiger partial charge in [-0.15, -0.1) is 6.58 Å². The molecular formula is C23H34N2. The summed E-state index contributed by atoms with van der Waals surface area (Å²) in [6.07, 6.45) is 8.53. The van der Waals surface area contributed by atoms with E-state index < -0.39 is 0 Å². The van der Waals surface area contributed by atoms with E-state index in [0.717, 1.165) is 37.2 Å². The molecule has 0 amide bonds. The second-order valence-corrected chi connectivity index (χ2v) is 6.40. The fourth-order valence-electron chi connectivity index (χ4n) is 2.91. The Balaban J connectivity index is 3.34. The van der Waals surface area contributed by atoms with Crippen molar-refractivity contribution >= 4 is 11.3 Å². The van der Waals surface area contributed by atoms with Crippen molar-refractivity contribution in [1.29, 1.82) is 0 Å². The third-order valence-corrected chi connectivity index (χ3v) is 4.32. The van der Waals surface area contributed by atoms with E-state index in [1.165, 1.54) is 22.4 Å². The van der Waals surface area contributed by atoms with Crippen LogP contribution in [0.1, 0.15) is 44.7 Å². The van der Waals surface area contributed by atoms with Gasteiger partial charge in [-0.05, 0) is 74.1 Å². The van der Waals surface area contributed by atoms with E-state index in [9.17, 15) is 0 Å². The van der Waals surface area contributed by atoms with Gasteiger partial charge < -0.3 is 10.2 Å². The van der Waals surface area contributed by atoms with Gasteiger partial charge >= 0.3 is 0 Å². The molecular weight excluding hydrogens is 304 g/mol. The Morgan fingerprint density at radius 3 is 2.52 bits per heavy atom. The fraction of sp³-hybridized carbons (Fsp3) is 0.391. The maximum absolute atomic E-state index is 4.23. The van der Waals surface area contributed by atoms with Gasteiger partial charge in [-0.2, -0.15) is 0 Å². The first-order valence-corrected chi connectivity index (χ1v) is 9.16. The van der Waals surface area contributed by atoms with E-state index >= 15 is 0 Å². The molecule has 0 saturated heterocycles. The zero-order valence-corrected chi connectivity index (χ0v) is 16.7. The topological polar surface area (TPSA) is 15.3 Å². The second-order valence-electron chi connectivity index (χ2n) is 6.40. The van der Waals surface area contributed by atoms with Crippen LogP contribution < -0.4 is 5.32 Å². The minimum Gasteiger partial charge on any atom is -0.388 e. The number of hydrogen-bond acceptors (Lipinski definition) is 2. The van der Waals surface area contributed by atoms with Crippen molar-refractivity contribution in [2.45, 2.75) is 40.5 Å². The summed E-state index contributed by atoms with van der Waals surface area (Å²) in [4.78, 5) is 2.42. The molecule has 0 atom stereocenters. The highest BCUT2D eigenvalue weighted by molar-refractivity contribution is 5.79. The van der Waals surface area contributed by atoms with Crippen molar-refractivity contribution in [2.75, 3.05) is 25.5 Å². The molecule has 1 N–H and O–H groups in total. The summed E-state index contributed by atoms with van der Waals surface area (Å²) in [6, 6.07) is 6.49. The molecule has 0 unspecified atom stereocenters. The van der Waals surface area contributed by atoms with Gasteiger partial charge in [0.2, 0.25) is 0 Å². The zero-order valence-electron chi connectivity index (χ0n) is 16.7. The van der Waals surface area contributed by atoms with Gasteiger partial charge in [-0.25, -0.2) is 0 Å². The largest absolute Gasteiger partial charge is 0.388 e. The Hall–Kier alpha value is -2.22. The molecule has 0 aromatic heterocycles. The van der Waals surface area contributed by atoms with Crippen LogP contribution >= 0.6 is 0 Å². The van der Waals surface area contributed by atoms with Gasteiger partial charge in [0.25, 0.3) is 0 Å². The summed E-state index contributed by atoms with van der Waals surface area (Å²) >= 11 is 0. The Morgan fingerprint density at radius 2 is 2.00 bits per heavy atom. The molecule has 0 aliphatic heterocycles. The molecule has 0 spiro atoms. The molecule has 25 heavy (non-hydrogen) atoms. The predicted molar refractivity (Wildman–Crippen MR) is 114 cm³/mol. The molecule has 0 aliphatic carbocycles. The number of rotatable bonds is 10. The molecule has 0 heterocycles. The first-order chi connectivity index (χ1) is 12.0. The molecule has 1 aromatic rings. The van der Waals surface area contributed by atoms with Crippen LogP contribution in [-0.4, -0.2) is 25.0 Å². The molecule has 2 heteroatoms. The van der Waals surface area contributed by atoms with E-state index in [4.69, 9.17) is 0 Å². The predicted octanol–water partition coefficient (Wildman–Crippen LogP) is 6.19. The number of hydrogen-bond donors (Lipinski definition) is 1. The minimum absolute atomic E-state index is 0.975. The molecule has 1 rings (SSSR count). The molecule has 0 fully saturated rings. The molecule has 136 valence electrons. The second kappa shape index (κ2) is 10.6. The first-order valence-electron chi connectivity index (χ1n) is 9.16. The van der Waals surface area contributed by atoms with E-state index in [2.05, 4.69) is 81.4 Å². The van der Waals surface area contributed by atoms with Crippen LogP contribution in [0.15, 0.2) is 60.9 Å². The van der Waals surface area contributed by atoms with Gasteiger partial charge in [0.15, 0.2) is 0 Å². The lowest BCUT2D eigenvalue weighted by molar-refractivity contribution is 0.357. The van der Waals surface area contributed by atoms with Gasteiger partial charge in [-0.1, -0.05) is 31.7 Å². The normalized spacial score (nSPS) is 12.0. The van der Waals surface area contributed by atoms with Crippen molar-refractivity contribution in [3.8, 4) is 0 Å². The SMILES string of the molecule is C=CCCN(CCC)/C(=C/C(=C\C)c1cc(NC)ccc1C)C(=C)C. The van der Waals surface area contributed by atoms with E-state index in [1.54, 1.807) is 0 Å². The van der Waals surface area contributed by atoms with Crippen molar-refractivity contribution in [2.24, 2.45) is 0 Å². The van der Waals surface area contributed by atoms with Crippen molar-refractivity contribution in [3.63, 3.8) is 0 Å². The number of aryl methyl sites for hydroxylation is 1. The smallest absolute Gasteiger partial charge is 0.0396 e. The fourth-order valence-corrected chi connectivity index (χ4v) is 2.91. The third-order valence-electron chi connectivity index (χ3n) is 4.32. The summed E-state index contributed by atoms with van der Waals surface area (Å²) in [5, 5.41) is 3.23. The van der Waals surface area contributed by atoms with Crippen molar-refractivity contribution in [3.05, 3.63) is 72.0 Å². The Labute approximate surface area is 154 Å². The first kappa shape index (κ1) is 20.8. The van der Waals surface area contributed by atoms with Gasteiger partial charge in [0.1, 0.15) is 0 Å². The summed E-state index contributed by atoms with van der Waals surface area (Å²) in [7, 11) is 1.96. The average Bonchev–Trinajstić information content (AvgIpc) is 2.60. The number of allylic oxidation sites excluding steroid dienone is 4. The molecule has 0 saturated carbocycles. The minimum atomic E-state index is 0.975. The maximum Gasteiger partial charge on any atom is 0.0396 e. The summed E-state index contributed by atoms with van der Waals surface area (Å²) < 4.78 is 0. The Kier molecular flexibility index (Phi) is 8.83. The third kappa shape index (κ3) is 5.97. The summed E-state index contributed by atoms with van der Waals surface area (Å²) in [5.74, 6) is 0. The summed E-state index contributed by atoms with van der Waals surface area (Å²) in [5.41, 5.74) is 7.20. The Bertz CT molecular complexity index is 650. The van der Waals surface area contributed by atoms with Gasteiger partial charge in [-0.3, -0.25) is 0 Å². The average molecular weight is 339 g/mol. The monoisotopic (exact) mass is 338 g/mol. The van der Waals surface area contributed by atoms with Crippen LogP contribution in [0, 0.1) is 6.92 Å². The number of anilines is 1. The highest BCUT2D eigenvalue weighted by Crippen LogP contribution is 2.27. The van der Waals surface area contributed by atoms with Crippen LogP contribution in [-0.2, 0) is 0 Å². The standard InChI is InChI=1S/C23H34N2/c1-8-11-15-25(14-9-2)23(18(4)5)16-20(10-3)22-17-21(24-7)13-12-19(22)6/h8,10,12-13,16-17,24H,1,4,9,11,14-15H2,2-3,5-7H3/b20-10+,23-16+. The van der Waals surface area contributed by atoms with Crippen LogP contribution in [0.25, 0.3) is 5.57 Å². The van der Waals surface area contributed by atoms with E-state index in [0.29, 0.717) is 0 Å². The van der Waals surface area contributed by atoms with Crippen LogP contribution in [0.2, 0.25) is 0 Å². The lowest BCUT2D eigenvalue weighted by Gasteiger charge is -2.28. The van der Waals surface area contributed by atoms with Gasteiger partial charge in [0.05, 0.1) is 0 Å². The molecule has 0 aliphatic rings. The lowest BCUT2D eigenvalue weighted by Crippen LogP contribution is -2.25. The highest BCUT2D eigenvalue weighted by Gasteiger charge is 2.12. The number of nitrogens with one attached hydrogen (secondary N) is 1.